The first-order chi connectivity index (χ1) is 4.00. The summed E-state index contributed by atoms with van der Waals surface area (Å²) in [7, 11) is 0. The third-order valence-corrected chi connectivity index (χ3v) is 0. The number of rotatable bonds is 0. The van der Waals surface area contributed by atoms with E-state index in [2.05, 4.69) is 52.6 Å². The van der Waals surface area contributed by atoms with Crippen LogP contribution in [0.5, 0.6) is 0 Å². The molecule has 0 aromatic carbocycles. The van der Waals surface area contributed by atoms with Crippen molar-refractivity contribution in [3.8, 4) is 0 Å². The van der Waals surface area contributed by atoms with Gasteiger partial charge in [-0.3, -0.25) is 0 Å². The summed E-state index contributed by atoms with van der Waals surface area (Å²) in [6.07, 6.45) is 0. The Kier molecular flexibility index (Phi) is 23800. The Labute approximate surface area is 79.9 Å². The van der Waals surface area contributed by atoms with Crippen molar-refractivity contribution in [2.45, 2.75) is 0 Å². The lowest BCUT2D eigenvalue weighted by molar-refractivity contribution is 2.81. The zero-order chi connectivity index (χ0) is 8.00. The van der Waals surface area contributed by atoms with Crippen LogP contribution >= 0.6 is 27.0 Å². The van der Waals surface area contributed by atoms with E-state index < -0.39 is 0 Å². The van der Waals surface area contributed by atoms with E-state index in [9.17, 15) is 0 Å². The van der Waals surface area contributed by atoms with Crippen LogP contribution in [0, 0.1) is 0 Å². The van der Waals surface area contributed by atoms with Crippen molar-refractivity contribution in [1.29, 1.82) is 0 Å². The van der Waals surface area contributed by atoms with Gasteiger partial charge in [0.15, 0.2) is 0 Å². The molecule has 64 valence electrons. The van der Waals surface area contributed by atoms with Crippen molar-refractivity contribution in [3.63, 3.8) is 0 Å². The van der Waals surface area contributed by atoms with Crippen LogP contribution in [0.15, 0.2) is 52.6 Å². The Balaban J connectivity index is -0.00000000500. The van der Waals surface area contributed by atoms with Crippen LogP contribution in [-0.4, -0.2) is 0 Å². The lowest BCUT2D eigenvalue weighted by Crippen LogP contribution is -0.552. The summed E-state index contributed by atoms with van der Waals surface area (Å²) >= 11 is 0. The van der Waals surface area contributed by atoms with Gasteiger partial charge in [0.1, 0.15) is 0 Å². The van der Waals surface area contributed by atoms with E-state index in [0.29, 0.717) is 0 Å². The van der Waals surface area contributed by atoms with E-state index in [0.717, 1.165) is 0 Å². The molecular formula is C8H20S2. The normalized spacial score (nSPS) is 1.60. The summed E-state index contributed by atoms with van der Waals surface area (Å²) in [6, 6.07) is 0. The molecule has 0 amide bonds. The Bertz CT molecular complexity index is 15.2. The van der Waals surface area contributed by atoms with Crippen molar-refractivity contribution >= 4 is 27.0 Å². The van der Waals surface area contributed by atoms with Gasteiger partial charge in [0.05, 0.1) is 0 Å². The second-order valence-corrected chi connectivity index (χ2v) is 0. The fourth-order valence-electron chi connectivity index (χ4n) is 0. The van der Waals surface area contributed by atoms with Crippen LogP contribution in [0.2, 0.25) is 0 Å². The third-order valence-electron chi connectivity index (χ3n) is 0. The molecule has 0 radical (unpaired) electrons. The lowest BCUT2D eigenvalue weighted by Gasteiger charge is -0.813. The molecule has 0 aromatic rings. The SMILES string of the molecule is C=C.C=C.C=C.C=C.S.S. The minimum Gasteiger partial charge on any atom is -0.197 e. The summed E-state index contributed by atoms with van der Waals surface area (Å²) in [5.74, 6) is 0. The summed E-state index contributed by atoms with van der Waals surface area (Å²) in [6.45, 7) is 24.0. The van der Waals surface area contributed by atoms with E-state index in [1.54, 1.807) is 0 Å². The molecule has 0 unspecified atom stereocenters. The van der Waals surface area contributed by atoms with E-state index >= 15 is 0 Å². The van der Waals surface area contributed by atoms with Crippen molar-refractivity contribution in [3.05, 3.63) is 52.6 Å². The molecule has 10 heavy (non-hydrogen) atoms. The smallest absolute Gasteiger partial charge is 0.106 e. The summed E-state index contributed by atoms with van der Waals surface area (Å²) in [5, 5.41) is 0. The molecule has 0 N–H and O–H groups in total. The zero-order valence-corrected chi connectivity index (χ0v) is 8.66. The van der Waals surface area contributed by atoms with Crippen LogP contribution in [0.3, 0.4) is 0 Å². The van der Waals surface area contributed by atoms with E-state index in [-0.39, 0.29) is 27.0 Å². The van der Waals surface area contributed by atoms with Gasteiger partial charge in [-0.25, -0.2) is 0 Å². The predicted octanol–water partition coefficient (Wildman–Crippen LogP) is 3.43. The maximum absolute atomic E-state index is 3.00. The van der Waals surface area contributed by atoms with Crippen molar-refractivity contribution < 1.29 is 0 Å². The average molecular weight is 180 g/mol. The van der Waals surface area contributed by atoms with Crippen LogP contribution in [0.25, 0.3) is 0 Å². The Morgan fingerprint density at radius 2 is 0.300 bits per heavy atom. The van der Waals surface area contributed by atoms with Gasteiger partial charge in [-0.2, -0.15) is 27.0 Å². The maximum atomic E-state index is 3.00. The molecular weight excluding hydrogens is 160 g/mol. The van der Waals surface area contributed by atoms with Crippen molar-refractivity contribution in [1.82, 2.24) is 0 Å². The monoisotopic (exact) mass is 180 g/mol. The first-order valence-electron chi connectivity index (χ1n) is 2.00. The van der Waals surface area contributed by atoms with Crippen molar-refractivity contribution in [2.24, 2.45) is 0 Å². The second kappa shape index (κ2) is 4400. The van der Waals surface area contributed by atoms with Crippen LogP contribution < -0.4 is 0 Å². The topological polar surface area (TPSA) is 0 Å². The van der Waals surface area contributed by atoms with Gasteiger partial charge in [-0.1, -0.05) is 0 Å². The lowest BCUT2D eigenvalue weighted by atomic mass is 11.3. The minimum absolute atomic E-state index is 0. The van der Waals surface area contributed by atoms with E-state index in [4.69, 9.17) is 0 Å². The van der Waals surface area contributed by atoms with Gasteiger partial charge >= 0.3 is 0 Å². The van der Waals surface area contributed by atoms with Gasteiger partial charge in [-0.15, -0.1) is 52.6 Å². The average Bonchev–Trinajstić information content (AvgIpc) is 2.03. The second-order valence-electron chi connectivity index (χ2n) is 0. The van der Waals surface area contributed by atoms with Gasteiger partial charge in [0.2, 0.25) is 0 Å². The molecule has 0 spiro atoms. The van der Waals surface area contributed by atoms with Crippen molar-refractivity contribution in [2.75, 3.05) is 0 Å². The Hall–Kier alpha value is -0.340. The molecule has 0 fully saturated rings. The number of hydrogen-bond acceptors (Lipinski definition) is 0. The standard InChI is InChI=1S/4C2H4.2H2S/c4*1-2;;/h4*1-2H2;2*1H2. The minimum atomic E-state index is 0. The highest BCUT2D eigenvalue weighted by atomic mass is 32.1. The fourth-order valence-corrected chi connectivity index (χ4v) is 0. The van der Waals surface area contributed by atoms with Gasteiger partial charge in [0, 0.05) is 0 Å². The van der Waals surface area contributed by atoms with Crippen LogP contribution in [0.4, 0.5) is 0 Å². The summed E-state index contributed by atoms with van der Waals surface area (Å²) in [5.41, 5.74) is 0. The van der Waals surface area contributed by atoms with Crippen LogP contribution in [0.1, 0.15) is 0 Å². The fraction of sp³-hybridized carbons (Fsp3) is 0. The molecule has 0 saturated heterocycles. The molecule has 0 aromatic heterocycles. The molecule has 0 heterocycles. The molecule has 0 bridgehead atoms. The first-order valence-corrected chi connectivity index (χ1v) is 2.00. The van der Waals surface area contributed by atoms with Gasteiger partial charge in [0.25, 0.3) is 0 Å². The van der Waals surface area contributed by atoms with E-state index in [1.807, 2.05) is 0 Å². The summed E-state index contributed by atoms with van der Waals surface area (Å²) in [4.78, 5) is 0. The van der Waals surface area contributed by atoms with Gasteiger partial charge in [-0.05, 0) is 0 Å². The van der Waals surface area contributed by atoms with Gasteiger partial charge < -0.3 is 0 Å². The highest BCUT2D eigenvalue weighted by molar-refractivity contribution is 7.59. The molecule has 2 heteroatoms. The predicted molar refractivity (Wildman–Crippen MR) is 65.8 cm³/mol. The highest BCUT2D eigenvalue weighted by Crippen LogP contribution is 0.868. The molecule has 0 aliphatic rings. The Morgan fingerprint density at radius 1 is 0.300 bits per heavy atom. The van der Waals surface area contributed by atoms with E-state index in [1.165, 1.54) is 0 Å². The number of hydrogen-bond donors (Lipinski definition) is 0. The highest BCUT2D eigenvalue weighted by Gasteiger charge is 0.607. The summed E-state index contributed by atoms with van der Waals surface area (Å²) < 4.78 is 0. The zero-order valence-electron chi connectivity index (χ0n) is 6.66. The Morgan fingerprint density at radius 3 is 0.300 bits per heavy atom. The first kappa shape index (κ1) is 54.1. The van der Waals surface area contributed by atoms with Crippen LogP contribution in [-0.2, 0) is 0 Å². The molecule has 0 atom stereocenters. The quantitative estimate of drug-likeness (QED) is 0.501. The molecule has 0 saturated carbocycles. The molecule has 0 rings (SSSR count). The molecule has 0 nitrogen and oxygen atoms in total. The third kappa shape index (κ3) is 2940. The molecule has 0 aliphatic heterocycles. The largest absolute Gasteiger partial charge is 0.197 e. The maximum Gasteiger partial charge on any atom is -0.106 e. The molecule has 0 aliphatic carbocycles.